The topological polar surface area (TPSA) is 54.7 Å². The Morgan fingerprint density at radius 3 is 3.00 bits per heavy atom. The Morgan fingerprint density at radius 1 is 1.32 bits per heavy atom. The fourth-order valence-electron chi connectivity index (χ4n) is 2.82. The van der Waals surface area contributed by atoms with Crippen LogP contribution in [0.5, 0.6) is 0 Å². The highest BCUT2D eigenvalue weighted by molar-refractivity contribution is 9.10. The molecule has 1 aliphatic carbocycles. The van der Waals surface area contributed by atoms with Crippen molar-refractivity contribution in [3.63, 3.8) is 0 Å². The van der Waals surface area contributed by atoms with Crippen LogP contribution >= 0.6 is 15.9 Å². The lowest BCUT2D eigenvalue weighted by atomic mass is 9.86. The fraction of sp³-hybridized carbons (Fsp3) is 0.400. The summed E-state index contributed by atoms with van der Waals surface area (Å²) in [6.45, 7) is 0. The molecular formula is C15H18BrN3. The highest BCUT2D eigenvalue weighted by Gasteiger charge is 2.23. The molecule has 0 saturated heterocycles. The Labute approximate surface area is 121 Å². The van der Waals surface area contributed by atoms with Gasteiger partial charge in [-0.25, -0.2) is 4.98 Å². The lowest BCUT2D eigenvalue weighted by Crippen LogP contribution is -2.27. The molecular weight excluding hydrogens is 302 g/mol. The molecule has 0 bridgehead atoms. The van der Waals surface area contributed by atoms with Gasteiger partial charge in [0.05, 0.1) is 11.9 Å². The van der Waals surface area contributed by atoms with Crippen LogP contribution in [-0.2, 0) is 0 Å². The lowest BCUT2D eigenvalue weighted by Gasteiger charge is -2.24. The number of hydrogen-bond acceptors (Lipinski definition) is 2. The molecule has 19 heavy (non-hydrogen) atoms. The van der Waals surface area contributed by atoms with Gasteiger partial charge in [-0.2, -0.15) is 0 Å². The third kappa shape index (κ3) is 2.90. The summed E-state index contributed by atoms with van der Waals surface area (Å²) in [6.07, 6.45) is 6.52. The molecule has 1 aliphatic rings. The van der Waals surface area contributed by atoms with Gasteiger partial charge in [-0.3, -0.25) is 0 Å². The molecule has 0 aliphatic heterocycles. The maximum atomic E-state index is 6.05. The molecule has 0 spiro atoms. The predicted octanol–water partition coefficient (Wildman–Crippen LogP) is 3.82. The summed E-state index contributed by atoms with van der Waals surface area (Å²) in [7, 11) is 0. The molecule has 3 nitrogen and oxygen atoms in total. The van der Waals surface area contributed by atoms with Crippen molar-refractivity contribution in [1.82, 2.24) is 9.97 Å². The van der Waals surface area contributed by atoms with E-state index >= 15 is 0 Å². The molecule has 2 atom stereocenters. The first kappa shape index (κ1) is 12.9. The number of imidazole rings is 1. The number of rotatable bonds is 2. The van der Waals surface area contributed by atoms with Crippen molar-refractivity contribution in [2.75, 3.05) is 0 Å². The number of H-pyrrole nitrogens is 1. The zero-order valence-corrected chi connectivity index (χ0v) is 12.4. The van der Waals surface area contributed by atoms with Gasteiger partial charge < -0.3 is 10.7 Å². The van der Waals surface area contributed by atoms with Crippen LogP contribution in [0, 0.1) is 0 Å². The number of nitrogens with zero attached hydrogens (tertiary/aromatic N) is 1. The van der Waals surface area contributed by atoms with Crippen molar-refractivity contribution in [1.29, 1.82) is 0 Å². The van der Waals surface area contributed by atoms with Crippen molar-refractivity contribution < 1.29 is 0 Å². The summed E-state index contributed by atoms with van der Waals surface area (Å²) in [6, 6.07) is 8.59. The van der Waals surface area contributed by atoms with E-state index in [9.17, 15) is 0 Å². The van der Waals surface area contributed by atoms with Crippen molar-refractivity contribution in [3.8, 4) is 11.3 Å². The monoisotopic (exact) mass is 319 g/mol. The highest BCUT2D eigenvalue weighted by Crippen LogP contribution is 2.31. The number of aromatic amines is 1. The molecule has 3 N–H and O–H groups in total. The molecule has 2 unspecified atom stereocenters. The van der Waals surface area contributed by atoms with E-state index in [2.05, 4.69) is 38.0 Å². The van der Waals surface area contributed by atoms with E-state index < -0.39 is 0 Å². The van der Waals surface area contributed by atoms with E-state index in [-0.39, 0.29) is 0 Å². The number of benzene rings is 1. The molecule has 0 radical (unpaired) electrons. The van der Waals surface area contributed by atoms with E-state index in [1.165, 1.54) is 12.8 Å². The molecule has 100 valence electrons. The van der Waals surface area contributed by atoms with Gasteiger partial charge in [0.2, 0.25) is 0 Å². The molecule has 1 saturated carbocycles. The number of nitrogens with one attached hydrogen (secondary N) is 1. The normalized spacial score (nSPS) is 23.5. The van der Waals surface area contributed by atoms with Crippen LogP contribution in [-0.4, -0.2) is 16.0 Å². The Hall–Kier alpha value is -1.13. The van der Waals surface area contributed by atoms with Crippen LogP contribution in [0.25, 0.3) is 11.3 Å². The average Bonchev–Trinajstić information content (AvgIpc) is 2.88. The summed E-state index contributed by atoms with van der Waals surface area (Å²) in [5.74, 6) is 1.58. The van der Waals surface area contributed by atoms with Crippen LogP contribution in [0.1, 0.15) is 37.4 Å². The molecule has 0 amide bonds. The van der Waals surface area contributed by atoms with Gasteiger partial charge in [0.15, 0.2) is 0 Å². The second-order valence-corrected chi connectivity index (χ2v) is 6.23. The smallest absolute Gasteiger partial charge is 0.109 e. The summed E-state index contributed by atoms with van der Waals surface area (Å²) >= 11 is 3.50. The van der Waals surface area contributed by atoms with Gasteiger partial charge in [0, 0.05) is 22.0 Å². The first-order valence-corrected chi connectivity index (χ1v) is 7.58. The van der Waals surface area contributed by atoms with Crippen molar-refractivity contribution in [2.45, 2.75) is 37.6 Å². The molecule has 4 heteroatoms. The number of nitrogens with two attached hydrogens (primary N) is 1. The molecule has 1 heterocycles. The molecule has 2 aromatic rings. The van der Waals surface area contributed by atoms with E-state index in [4.69, 9.17) is 5.73 Å². The maximum absolute atomic E-state index is 6.05. The van der Waals surface area contributed by atoms with Crippen molar-refractivity contribution in [3.05, 3.63) is 40.8 Å². The van der Waals surface area contributed by atoms with E-state index in [0.717, 1.165) is 34.4 Å². The summed E-state index contributed by atoms with van der Waals surface area (Å²) in [5, 5.41) is 0. The Kier molecular flexibility index (Phi) is 3.71. The standard InChI is InChI=1S/C15H18BrN3/c16-12-5-1-3-10(7-12)14-9-18-15(19-14)11-4-2-6-13(17)8-11/h1,3,5,7,9,11,13H,2,4,6,8,17H2,(H,18,19). The Balaban J connectivity index is 1.83. The van der Waals surface area contributed by atoms with Crippen LogP contribution in [0.15, 0.2) is 34.9 Å². The quantitative estimate of drug-likeness (QED) is 0.884. The summed E-state index contributed by atoms with van der Waals surface area (Å²) in [5.41, 5.74) is 8.29. The Morgan fingerprint density at radius 2 is 2.21 bits per heavy atom. The van der Waals surface area contributed by atoms with E-state index in [1.54, 1.807) is 0 Å². The molecule has 1 aromatic carbocycles. The molecule has 1 aromatic heterocycles. The summed E-state index contributed by atoms with van der Waals surface area (Å²) in [4.78, 5) is 8.01. The van der Waals surface area contributed by atoms with Crippen molar-refractivity contribution in [2.24, 2.45) is 5.73 Å². The highest BCUT2D eigenvalue weighted by atomic mass is 79.9. The SMILES string of the molecule is NC1CCCC(c2ncc(-c3cccc(Br)c3)[nH]2)C1. The van der Waals surface area contributed by atoms with Gasteiger partial charge in [-0.05, 0) is 31.4 Å². The largest absolute Gasteiger partial charge is 0.342 e. The second-order valence-electron chi connectivity index (χ2n) is 5.32. The van der Waals surface area contributed by atoms with E-state index in [1.807, 2.05) is 18.3 Å². The number of aromatic nitrogens is 2. The van der Waals surface area contributed by atoms with Gasteiger partial charge in [-0.1, -0.05) is 34.5 Å². The Bertz CT molecular complexity index is 564. The second kappa shape index (κ2) is 5.47. The van der Waals surface area contributed by atoms with Crippen molar-refractivity contribution >= 4 is 15.9 Å². The number of halogens is 1. The zero-order valence-electron chi connectivity index (χ0n) is 10.8. The minimum absolute atomic E-state index is 0.332. The maximum Gasteiger partial charge on any atom is 0.109 e. The van der Waals surface area contributed by atoms with Gasteiger partial charge in [0.25, 0.3) is 0 Å². The predicted molar refractivity (Wildman–Crippen MR) is 80.9 cm³/mol. The zero-order chi connectivity index (χ0) is 13.2. The molecule has 1 fully saturated rings. The minimum atomic E-state index is 0.332. The first-order valence-electron chi connectivity index (χ1n) is 6.79. The first-order chi connectivity index (χ1) is 9.22. The lowest BCUT2D eigenvalue weighted by molar-refractivity contribution is 0.383. The molecule has 3 rings (SSSR count). The van der Waals surface area contributed by atoms with Gasteiger partial charge in [0.1, 0.15) is 5.82 Å². The van der Waals surface area contributed by atoms with Crippen LogP contribution in [0.3, 0.4) is 0 Å². The van der Waals surface area contributed by atoms with Crippen LogP contribution in [0.4, 0.5) is 0 Å². The van der Waals surface area contributed by atoms with Gasteiger partial charge in [-0.15, -0.1) is 0 Å². The van der Waals surface area contributed by atoms with Crippen LogP contribution in [0.2, 0.25) is 0 Å². The average molecular weight is 320 g/mol. The fourth-order valence-corrected chi connectivity index (χ4v) is 3.22. The third-order valence-electron chi connectivity index (χ3n) is 3.83. The van der Waals surface area contributed by atoms with Crippen LogP contribution < -0.4 is 5.73 Å². The number of hydrogen-bond donors (Lipinski definition) is 2. The van der Waals surface area contributed by atoms with E-state index in [0.29, 0.717) is 12.0 Å². The summed E-state index contributed by atoms with van der Waals surface area (Å²) < 4.78 is 1.08. The van der Waals surface area contributed by atoms with Gasteiger partial charge >= 0.3 is 0 Å². The minimum Gasteiger partial charge on any atom is -0.342 e. The third-order valence-corrected chi connectivity index (χ3v) is 4.33.